The maximum absolute atomic E-state index is 12.6. The van der Waals surface area contributed by atoms with E-state index in [2.05, 4.69) is 0 Å². The van der Waals surface area contributed by atoms with Gasteiger partial charge in [0.05, 0.1) is 11.8 Å². The summed E-state index contributed by atoms with van der Waals surface area (Å²) in [5.74, 6) is -1.89. The van der Waals surface area contributed by atoms with Crippen molar-refractivity contribution in [3.8, 4) is 0 Å². The molecule has 3 heterocycles. The van der Waals surface area contributed by atoms with Crippen molar-refractivity contribution in [1.82, 2.24) is 9.80 Å². The molecular weight excluding hydrogens is 262 g/mol. The molecule has 20 heavy (non-hydrogen) atoms. The van der Waals surface area contributed by atoms with Crippen LogP contribution in [0.4, 0.5) is 4.79 Å². The number of carbonyl (C=O) groups is 3. The number of carboxylic acids is 1. The van der Waals surface area contributed by atoms with E-state index in [0.29, 0.717) is 25.9 Å². The third kappa shape index (κ3) is 1.92. The van der Waals surface area contributed by atoms with Crippen molar-refractivity contribution in [2.75, 3.05) is 13.1 Å². The number of amides is 3. The standard InChI is InChI=1S/C13H19N3O4/c14-11(17)7-3-4-15(6-7)13(20)16-8-1-2-10(16)9(5-8)12(18)19/h7-10H,1-6H2,(H2,14,17)(H,18,19). The number of nitrogens with zero attached hydrogens (tertiary/aromatic N) is 2. The zero-order valence-corrected chi connectivity index (χ0v) is 11.2. The van der Waals surface area contributed by atoms with Gasteiger partial charge in [0.1, 0.15) is 0 Å². The molecule has 3 amide bonds. The van der Waals surface area contributed by atoms with Gasteiger partial charge in [0, 0.05) is 25.2 Å². The summed E-state index contributed by atoms with van der Waals surface area (Å²) >= 11 is 0. The lowest BCUT2D eigenvalue weighted by Gasteiger charge is -2.28. The second-order valence-corrected chi connectivity index (χ2v) is 6.00. The summed E-state index contributed by atoms with van der Waals surface area (Å²) in [7, 11) is 0. The van der Waals surface area contributed by atoms with Gasteiger partial charge in [-0.1, -0.05) is 0 Å². The van der Waals surface area contributed by atoms with Gasteiger partial charge in [-0.2, -0.15) is 0 Å². The first-order valence-electron chi connectivity index (χ1n) is 7.08. The number of hydrogen-bond acceptors (Lipinski definition) is 3. The quantitative estimate of drug-likeness (QED) is 0.734. The van der Waals surface area contributed by atoms with Crippen LogP contribution in [0.15, 0.2) is 0 Å². The van der Waals surface area contributed by atoms with Crippen LogP contribution < -0.4 is 5.73 Å². The second-order valence-electron chi connectivity index (χ2n) is 6.00. The number of hydrogen-bond donors (Lipinski definition) is 2. The fourth-order valence-corrected chi connectivity index (χ4v) is 3.88. The molecule has 7 heteroatoms. The van der Waals surface area contributed by atoms with Gasteiger partial charge < -0.3 is 20.6 Å². The highest BCUT2D eigenvalue weighted by molar-refractivity contribution is 5.82. The largest absolute Gasteiger partial charge is 0.481 e. The van der Waals surface area contributed by atoms with Crippen LogP contribution in [0.25, 0.3) is 0 Å². The van der Waals surface area contributed by atoms with Crippen LogP contribution in [-0.2, 0) is 9.59 Å². The van der Waals surface area contributed by atoms with Gasteiger partial charge in [0.15, 0.2) is 0 Å². The summed E-state index contributed by atoms with van der Waals surface area (Å²) in [5, 5.41) is 9.20. The summed E-state index contributed by atoms with van der Waals surface area (Å²) in [6, 6.07) is -0.260. The third-order valence-electron chi connectivity index (χ3n) is 4.94. The second kappa shape index (κ2) is 4.64. The highest BCUT2D eigenvalue weighted by atomic mass is 16.4. The molecule has 0 aliphatic carbocycles. The number of urea groups is 1. The van der Waals surface area contributed by atoms with Crippen molar-refractivity contribution in [3.05, 3.63) is 0 Å². The van der Waals surface area contributed by atoms with E-state index < -0.39 is 11.9 Å². The number of nitrogens with two attached hydrogens (primary N) is 1. The number of aliphatic carboxylic acids is 1. The average Bonchev–Trinajstić information content (AvgIpc) is 3.11. The summed E-state index contributed by atoms with van der Waals surface area (Å²) in [4.78, 5) is 38.3. The Kier molecular flexibility index (Phi) is 3.07. The fourth-order valence-electron chi connectivity index (χ4n) is 3.88. The Labute approximate surface area is 116 Å². The summed E-state index contributed by atoms with van der Waals surface area (Å²) < 4.78 is 0. The van der Waals surface area contributed by atoms with Crippen molar-refractivity contribution in [1.29, 1.82) is 0 Å². The molecule has 0 aromatic carbocycles. The fraction of sp³-hybridized carbons (Fsp3) is 0.769. The molecule has 3 rings (SSSR count). The maximum Gasteiger partial charge on any atom is 0.320 e. The number of fused-ring (bicyclic) bond motifs is 2. The van der Waals surface area contributed by atoms with Gasteiger partial charge in [-0.15, -0.1) is 0 Å². The average molecular weight is 281 g/mol. The number of carboxylic acid groups (broad SMARTS) is 1. The molecule has 4 unspecified atom stereocenters. The predicted octanol–water partition coefficient (Wildman–Crippen LogP) is -0.149. The minimum Gasteiger partial charge on any atom is -0.481 e. The Balaban J connectivity index is 1.70. The van der Waals surface area contributed by atoms with Crippen LogP contribution in [0.1, 0.15) is 25.7 Å². The van der Waals surface area contributed by atoms with Crippen LogP contribution in [0.5, 0.6) is 0 Å². The normalized spacial score (nSPS) is 35.6. The SMILES string of the molecule is NC(=O)C1CCN(C(=O)N2C3CCC2C(C(=O)O)C3)C1. The van der Waals surface area contributed by atoms with Crippen LogP contribution in [-0.4, -0.2) is 58.0 Å². The zero-order valence-electron chi connectivity index (χ0n) is 11.2. The number of primary amides is 1. The zero-order chi connectivity index (χ0) is 14.4. The molecule has 0 saturated carbocycles. The number of likely N-dealkylation sites (tertiary alicyclic amines) is 1. The first kappa shape index (κ1) is 13.2. The lowest BCUT2D eigenvalue weighted by molar-refractivity contribution is -0.142. The molecule has 0 aromatic heterocycles. The lowest BCUT2D eigenvalue weighted by atomic mass is 9.89. The molecule has 0 aromatic rings. The Morgan fingerprint density at radius 2 is 1.90 bits per heavy atom. The Morgan fingerprint density at radius 1 is 1.15 bits per heavy atom. The van der Waals surface area contributed by atoms with Crippen molar-refractivity contribution in [2.24, 2.45) is 17.6 Å². The van der Waals surface area contributed by atoms with Gasteiger partial charge in [0.25, 0.3) is 0 Å². The lowest BCUT2D eigenvalue weighted by Crippen LogP contribution is -2.46. The van der Waals surface area contributed by atoms with Gasteiger partial charge in [-0.25, -0.2) is 4.79 Å². The molecule has 4 atom stereocenters. The van der Waals surface area contributed by atoms with E-state index in [1.54, 1.807) is 9.80 Å². The van der Waals surface area contributed by atoms with E-state index in [0.717, 1.165) is 12.8 Å². The first-order valence-corrected chi connectivity index (χ1v) is 7.08. The molecule has 3 aliphatic rings. The molecule has 3 aliphatic heterocycles. The Morgan fingerprint density at radius 3 is 2.45 bits per heavy atom. The molecule has 2 bridgehead atoms. The highest BCUT2D eigenvalue weighted by Gasteiger charge is 2.52. The molecule has 0 radical (unpaired) electrons. The van der Waals surface area contributed by atoms with E-state index in [1.807, 2.05) is 0 Å². The number of rotatable bonds is 2. The topological polar surface area (TPSA) is 104 Å². The van der Waals surface area contributed by atoms with Crippen LogP contribution >= 0.6 is 0 Å². The van der Waals surface area contributed by atoms with Gasteiger partial charge in [-0.3, -0.25) is 9.59 Å². The molecule has 3 saturated heterocycles. The van der Waals surface area contributed by atoms with Crippen molar-refractivity contribution < 1.29 is 19.5 Å². The van der Waals surface area contributed by atoms with E-state index in [4.69, 9.17) is 5.73 Å². The van der Waals surface area contributed by atoms with Crippen LogP contribution in [0, 0.1) is 11.8 Å². The van der Waals surface area contributed by atoms with Gasteiger partial charge in [-0.05, 0) is 25.7 Å². The summed E-state index contributed by atoms with van der Waals surface area (Å²) in [6.07, 6.45) is 2.80. The van der Waals surface area contributed by atoms with E-state index in [-0.39, 0.29) is 29.9 Å². The van der Waals surface area contributed by atoms with E-state index in [9.17, 15) is 19.5 Å². The first-order chi connectivity index (χ1) is 9.49. The molecule has 3 fully saturated rings. The van der Waals surface area contributed by atoms with Crippen molar-refractivity contribution in [3.63, 3.8) is 0 Å². The number of carbonyl (C=O) groups excluding carboxylic acids is 2. The van der Waals surface area contributed by atoms with Crippen LogP contribution in [0.3, 0.4) is 0 Å². The van der Waals surface area contributed by atoms with Crippen molar-refractivity contribution in [2.45, 2.75) is 37.8 Å². The molecule has 7 nitrogen and oxygen atoms in total. The highest BCUT2D eigenvalue weighted by Crippen LogP contribution is 2.42. The molecular formula is C13H19N3O4. The van der Waals surface area contributed by atoms with Crippen molar-refractivity contribution >= 4 is 17.9 Å². The molecule has 3 N–H and O–H groups in total. The minimum atomic E-state index is -0.813. The summed E-state index contributed by atoms with van der Waals surface area (Å²) in [5.41, 5.74) is 5.27. The van der Waals surface area contributed by atoms with E-state index >= 15 is 0 Å². The van der Waals surface area contributed by atoms with Gasteiger partial charge >= 0.3 is 12.0 Å². The molecule has 110 valence electrons. The van der Waals surface area contributed by atoms with Gasteiger partial charge in [0.2, 0.25) is 5.91 Å². The van der Waals surface area contributed by atoms with E-state index in [1.165, 1.54) is 0 Å². The summed E-state index contributed by atoms with van der Waals surface area (Å²) in [6.45, 7) is 0.891. The monoisotopic (exact) mass is 281 g/mol. The van der Waals surface area contributed by atoms with Crippen LogP contribution in [0.2, 0.25) is 0 Å². The smallest absolute Gasteiger partial charge is 0.320 e. The third-order valence-corrected chi connectivity index (χ3v) is 4.94. The Bertz CT molecular complexity index is 467. The predicted molar refractivity (Wildman–Crippen MR) is 68.7 cm³/mol. The Hall–Kier alpha value is -1.79. The minimum absolute atomic E-state index is 0.0428. The molecule has 0 spiro atoms. The maximum atomic E-state index is 12.6.